The van der Waals surface area contributed by atoms with E-state index in [1.54, 1.807) is 24.3 Å². The van der Waals surface area contributed by atoms with E-state index in [9.17, 15) is 4.79 Å². The number of urea groups is 1. The summed E-state index contributed by atoms with van der Waals surface area (Å²) in [6, 6.07) is 10.7. The first-order valence-electron chi connectivity index (χ1n) is 6.06. The van der Waals surface area contributed by atoms with E-state index in [0.717, 1.165) is 21.3 Å². The third-order valence-electron chi connectivity index (χ3n) is 2.75. The highest BCUT2D eigenvalue weighted by Gasteiger charge is 2.09. The first-order valence-corrected chi connectivity index (χ1v) is 7.23. The van der Waals surface area contributed by atoms with Crippen LogP contribution in [0, 0.1) is 13.8 Å². The minimum atomic E-state index is -0.306. The first-order chi connectivity index (χ1) is 9.45. The van der Waals surface area contributed by atoms with Crippen LogP contribution in [0.3, 0.4) is 0 Å². The van der Waals surface area contributed by atoms with Crippen molar-refractivity contribution in [3.63, 3.8) is 0 Å². The van der Waals surface area contributed by atoms with Crippen molar-refractivity contribution in [2.75, 3.05) is 10.6 Å². The largest absolute Gasteiger partial charge is 0.323 e. The molecule has 2 rings (SSSR count). The topological polar surface area (TPSA) is 41.1 Å². The third-order valence-corrected chi connectivity index (χ3v) is 3.61. The Morgan fingerprint density at radius 3 is 2.55 bits per heavy atom. The van der Waals surface area contributed by atoms with Crippen LogP contribution >= 0.6 is 27.5 Å². The molecule has 0 atom stereocenters. The predicted molar refractivity (Wildman–Crippen MR) is 87.7 cm³/mol. The number of nitrogens with one attached hydrogen (secondary N) is 2. The van der Waals surface area contributed by atoms with Gasteiger partial charge in [0.1, 0.15) is 0 Å². The zero-order valence-corrected chi connectivity index (χ0v) is 13.5. The Morgan fingerprint density at radius 2 is 1.90 bits per heavy atom. The average molecular weight is 354 g/mol. The van der Waals surface area contributed by atoms with Crippen LogP contribution in [0.25, 0.3) is 0 Å². The molecule has 5 heteroatoms. The minimum Gasteiger partial charge on any atom is -0.308 e. The molecule has 2 aromatic rings. The van der Waals surface area contributed by atoms with Crippen LogP contribution in [-0.4, -0.2) is 6.03 Å². The molecular formula is C15H14BrClN2O. The van der Waals surface area contributed by atoms with Gasteiger partial charge in [0.15, 0.2) is 0 Å². The zero-order valence-electron chi connectivity index (χ0n) is 11.1. The molecule has 0 bridgehead atoms. The molecule has 0 heterocycles. The summed E-state index contributed by atoms with van der Waals surface area (Å²) in [5, 5.41) is 6.16. The molecule has 0 aromatic heterocycles. The molecule has 0 unspecified atom stereocenters. The summed E-state index contributed by atoms with van der Waals surface area (Å²) in [4.78, 5) is 12.0. The van der Waals surface area contributed by atoms with E-state index in [-0.39, 0.29) is 6.03 Å². The van der Waals surface area contributed by atoms with E-state index in [1.165, 1.54) is 0 Å². The molecule has 104 valence electrons. The van der Waals surface area contributed by atoms with Gasteiger partial charge < -0.3 is 10.6 Å². The zero-order chi connectivity index (χ0) is 14.7. The molecule has 0 saturated carbocycles. The standard InChI is InChI=1S/C15H14BrClN2O/c1-9-6-10(2)14(13(16)7-9)19-15(20)18-12-5-3-4-11(17)8-12/h3-8H,1-2H3,(H2,18,19,20). The van der Waals surface area contributed by atoms with Crippen LogP contribution in [0.15, 0.2) is 40.9 Å². The van der Waals surface area contributed by atoms with Crippen LogP contribution in [0.2, 0.25) is 5.02 Å². The molecule has 2 amide bonds. The normalized spacial score (nSPS) is 10.2. The van der Waals surface area contributed by atoms with Crippen molar-refractivity contribution in [2.24, 2.45) is 0 Å². The second-order valence-electron chi connectivity index (χ2n) is 4.53. The van der Waals surface area contributed by atoms with Crippen molar-refractivity contribution in [2.45, 2.75) is 13.8 Å². The number of amides is 2. The molecule has 20 heavy (non-hydrogen) atoms. The van der Waals surface area contributed by atoms with Crippen molar-refractivity contribution >= 4 is 44.9 Å². The van der Waals surface area contributed by atoms with E-state index in [2.05, 4.69) is 26.6 Å². The lowest BCUT2D eigenvalue weighted by molar-refractivity contribution is 0.262. The molecule has 2 N–H and O–H groups in total. The molecule has 0 radical (unpaired) electrons. The SMILES string of the molecule is Cc1cc(C)c(NC(=O)Nc2cccc(Cl)c2)c(Br)c1. The summed E-state index contributed by atoms with van der Waals surface area (Å²) in [5.74, 6) is 0. The summed E-state index contributed by atoms with van der Waals surface area (Å²) in [6.45, 7) is 3.96. The van der Waals surface area contributed by atoms with Gasteiger partial charge in [-0.3, -0.25) is 0 Å². The molecule has 2 aromatic carbocycles. The molecule has 0 aliphatic heterocycles. The number of hydrogen-bond donors (Lipinski definition) is 2. The van der Waals surface area contributed by atoms with Crippen molar-refractivity contribution in [3.05, 3.63) is 57.0 Å². The van der Waals surface area contributed by atoms with Gasteiger partial charge in [-0.15, -0.1) is 0 Å². The second-order valence-corrected chi connectivity index (χ2v) is 5.82. The fourth-order valence-corrected chi connectivity index (χ4v) is 2.88. The number of anilines is 2. The van der Waals surface area contributed by atoms with Gasteiger partial charge in [0.2, 0.25) is 0 Å². The highest BCUT2D eigenvalue weighted by Crippen LogP contribution is 2.28. The van der Waals surface area contributed by atoms with Crippen LogP contribution in [0.1, 0.15) is 11.1 Å². The summed E-state index contributed by atoms with van der Waals surface area (Å²) >= 11 is 9.34. The van der Waals surface area contributed by atoms with Gasteiger partial charge in [0.25, 0.3) is 0 Å². The molecule has 0 fully saturated rings. The maximum absolute atomic E-state index is 12.0. The summed E-state index contributed by atoms with van der Waals surface area (Å²) in [7, 11) is 0. The van der Waals surface area contributed by atoms with Crippen molar-refractivity contribution in [1.29, 1.82) is 0 Å². The highest BCUT2D eigenvalue weighted by molar-refractivity contribution is 9.10. The maximum Gasteiger partial charge on any atom is 0.323 e. The predicted octanol–water partition coefficient (Wildman–Crippen LogP) is 5.36. The van der Waals surface area contributed by atoms with E-state index < -0.39 is 0 Å². The summed E-state index contributed by atoms with van der Waals surface area (Å²) in [5.41, 5.74) is 3.54. The second kappa shape index (κ2) is 6.29. The molecule has 3 nitrogen and oxygen atoms in total. The number of halogens is 2. The Kier molecular flexibility index (Phi) is 4.68. The molecule has 0 aliphatic rings. The fourth-order valence-electron chi connectivity index (χ4n) is 1.92. The Labute approximate surface area is 131 Å². The van der Waals surface area contributed by atoms with Crippen LogP contribution in [-0.2, 0) is 0 Å². The number of rotatable bonds is 2. The molecule has 0 saturated heterocycles. The van der Waals surface area contributed by atoms with E-state index in [0.29, 0.717) is 10.7 Å². The van der Waals surface area contributed by atoms with Gasteiger partial charge >= 0.3 is 6.03 Å². The number of carbonyl (C=O) groups is 1. The lowest BCUT2D eigenvalue weighted by atomic mass is 10.1. The number of carbonyl (C=O) groups excluding carboxylic acids is 1. The van der Waals surface area contributed by atoms with Crippen LogP contribution in [0.4, 0.5) is 16.2 Å². The number of aryl methyl sites for hydroxylation is 2. The number of hydrogen-bond acceptors (Lipinski definition) is 1. The lowest BCUT2D eigenvalue weighted by Gasteiger charge is -2.12. The average Bonchev–Trinajstić information content (AvgIpc) is 2.33. The van der Waals surface area contributed by atoms with Crippen LogP contribution in [0.5, 0.6) is 0 Å². The summed E-state index contributed by atoms with van der Waals surface area (Å²) in [6.07, 6.45) is 0. The summed E-state index contributed by atoms with van der Waals surface area (Å²) < 4.78 is 0.858. The van der Waals surface area contributed by atoms with E-state index in [1.807, 2.05) is 26.0 Å². The van der Waals surface area contributed by atoms with Gasteiger partial charge in [0.05, 0.1) is 5.69 Å². The van der Waals surface area contributed by atoms with Gasteiger partial charge in [-0.2, -0.15) is 0 Å². The maximum atomic E-state index is 12.0. The van der Waals surface area contributed by atoms with Gasteiger partial charge in [-0.1, -0.05) is 23.7 Å². The van der Waals surface area contributed by atoms with E-state index >= 15 is 0 Å². The highest BCUT2D eigenvalue weighted by atomic mass is 79.9. The third kappa shape index (κ3) is 3.74. The monoisotopic (exact) mass is 352 g/mol. The van der Waals surface area contributed by atoms with Crippen LogP contribution < -0.4 is 10.6 Å². The first kappa shape index (κ1) is 14.9. The van der Waals surface area contributed by atoms with Gasteiger partial charge in [0, 0.05) is 15.2 Å². The molecule has 0 spiro atoms. The fraction of sp³-hybridized carbons (Fsp3) is 0.133. The van der Waals surface area contributed by atoms with Crippen molar-refractivity contribution in [1.82, 2.24) is 0 Å². The quantitative estimate of drug-likeness (QED) is 0.749. The van der Waals surface area contributed by atoms with Crippen molar-refractivity contribution < 1.29 is 4.79 Å². The Morgan fingerprint density at radius 1 is 1.15 bits per heavy atom. The Bertz CT molecular complexity index is 635. The van der Waals surface area contributed by atoms with Gasteiger partial charge in [-0.05, 0) is 65.2 Å². The Hall–Kier alpha value is -1.52. The number of benzene rings is 2. The van der Waals surface area contributed by atoms with E-state index in [4.69, 9.17) is 11.6 Å². The smallest absolute Gasteiger partial charge is 0.308 e. The lowest BCUT2D eigenvalue weighted by Crippen LogP contribution is -2.20. The Balaban J connectivity index is 2.13. The molecular weight excluding hydrogens is 340 g/mol. The van der Waals surface area contributed by atoms with Gasteiger partial charge in [-0.25, -0.2) is 4.79 Å². The molecule has 0 aliphatic carbocycles. The van der Waals surface area contributed by atoms with Crippen molar-refractivity contribution in [3.8, 4) is 0 Å². The minimum absolute atomic E-state index is 0.306.